The fraction of sp³-hybridized carbons (Fsp3) is 0.815. The Morgan fingerprint density at radius 1 is 0.731 bits per heavy atom. The van der Waals surface area contributed by atoms with Gasteiger partial charge in [0.15, 0.2) is 17.6 Å². The van der Waals surface area contributed by atoms with Gasteiger partial charge in [-0.1, -0.05) is 115 Å². The van der Waals surface area contributed by atoms with Crippen LogP contribution in [-0.4, -0.2) is 84.6 Å². The Bertz CT molecular complexity index is 1890. The van der Waals surface area contributed by atoms with Crippen LogP contribution in [0.3, 0.4) is 0 Å². The lowest BCUT2D eigenvalue weighted by molar-refractivity contribution is -0.186. The van der Waals surface area contributed by atoms with E-state index in [-0.39, 0.29) is 57.4 Å². The second kappa shape index (κ2) is 20.9. The predicted octanol–water partition coefficient (Wildman–Crippen LogP) is 10.9. The molecule has 0 radical (unpaired) electrons. The maximum absolute atomic E-state index is 15.3. The Labute approximate surface area is 402 Å². The number of fused-ring (bicyclic) bond motifs is 2. The molecule has 382 valence electrons. The first-order valence-electron chi connectivity index (χ1n) is 24.8. The van der Waals surface area contributed by atoms with Crippen molar-refractivity contribution in [3.8, 4) is 11.5 Å². The fourth-order valence-corrected chi connectivity index (χ4v) is 10.8. The number of carboxylic acid groups (broad SMARTS) is 1. The summed E-state index contributed by atoms with van der Waals surface area (Å²) >= 11 is 0. The highest BCUT2D eigenvalue weighted by Gasteiger charge is 2.61. The van der Waals surface area contributed by atoms with Crippen molar-refractivity contribution in [1.82, 2.24) is 0 Å². The van der Waals surface area contributed by atoms with Crippen molar-refractivity contribution >= 4 is 23.9 Å². The summed E-state index contributed by atoms with van der Waals surface area (Å²) in [5, 5.41) is 21.5. The predicted molar refractivity (Wildman–Crippen MR) is 256 cm³/mol. The van der Waals surface area contributed by atoms with Gasteiger partial charge in [-0.3, -0.25) is 19.2 Å². The van der Waals surface area contributed by atoms with Crippen LogP contribution < -0.4 is 9.47 Å². The number of carbonyl (C=O) groups is 4. The molecule has 0 saturated carbocycles. The van der Waals surface area contributed by atoms with E-state index in [1.54, 1.807) is 19.1 Å². The zero-order valence-electron chi connectivity index (χ0n) is 44.3. The van der Waals surface area contributed by atoms with Crippen molar-refractivity contribution < 1.29 is 62.5 Å². The number of hydrogen-bond acceptors (Lipinski definition) is 12. The van der Waals surface area contributed by atoms with Crippen molar-refractivity contribution in [2.75, 3.05) is 20.0 Å². The number of carbonyl (C=O) groups excluding carboxylic acids is 3. The maximum Gasteiger partial charge on any atom is 0.312 e. The molecule has 9 unspecified atom stereocenters. The van der Waals surface area contributed by atoms with Crippen LogP contribution in [0.2, 0.25) is 0 Å². The monoisotopic (exact) mass is 945 g/mol. The molecule has 0 spiro atoms. The minimum Gasteiger partial charge on any atom is -0.481 e. The largest absolute Gasteiger partial charge is 0.481 e. The number of aliphatic hydroxyl groups excluding tert-OH is 1. The first-order valence-corrected chi connectivity index (χ1v) is 24.8. The van der Waals surface area contributed by atoms with Crippen LogP contribution in [0.5, 0.6) is 11.5 Å². The third-order valence-corrected chi connectivity index (χ3v) is 16.3. The second-order valence-corrected chi connectivity index (χ2v) is 25.1. The number of rotatable bonds is 23. The molecule has 9 atom stereocenters. The zero-order valence-corrected chi connectivity index (χ0v) is 44.3. The molecule has 0 amide bonds. The van der Waals surface area contributed by atoms with Gasteiger partial charge in [-0.05, 0) is 111 Å². The quantitative estimate of drug-likeness (QED) is 0.0603. The van der Waals surface area contributed by atoms with Gasteiger partial charge >= 0.3 is 23.9 Å². The number of carboxylic acids is 1. The minimum absolute atomic E-state index is 0.00792. The van der Waals surface area contributed by atoms with Gasteiger partial charge in [0.1, 0.15) is 24.9 Å². The number of unbranched alkanes of at least 4 members (excludes halogenated alkanes) is 3. The highest BCUT2D eigenvalue weighted by molar-refractivity contribution is 5.80. The molecule has 2 fully saturated rings. The first kappa shape index (κ1) is 56.2. The average Bonchev–Trinajstić information content (AvgIpc) is 3.94. The molecule has 67 heavy (non-hydrogen) atoms. The van der Waals surface area contributed by atoms with Crippen LogP contribution in [0.15, 0.2) is 18.2 Å². The van der Waals surface area contributed by atoms with Crippen molar-refractivity contribution in [2.24, 2.45) is 49.2 Å². The summed E-state index contributed by atoms with van der Waals surface area (Å²) in [6, 6.07) is 5.44. The lowest BCUT2D eigenvalue weighted by atomic mass is 9.50. The van der Waals surface area contributed by atoms with E-state index >= 15 is 9.59 Å². The van der Waals surface area contributed by atoms with E-state index < -0.39 is 92.1 Å². The summed E-state index contributed by atoms with van der Waals surface area (Å²) in [6.45, 7) is 33.5. The molecule has 2 N–H and O–H groups in total. The lowest BCUT2D eigenvalue weighted by Crippen LogP contribution is -2.54. The summed E-state index contributed by atoms with van der Waals surface area (Å²) in [5.41, 5.74) is -7.09. The van der Waals surface area contributed by atoms with E-state index in [2.05, 4.69) is 6.92 Å². The van der Waals surface area contributed by atoms with Gasteiger partial charge in [-0.15, -0.1) is 0 Å². The van der Waals surface area contributed by atoms with Crippen molar-refractivity contribution in [1.29, 1.82) is 0 Å². The molecule has 13 heteroatoms. The molecule has 1 aromatic rings. The van der Waals surface area contributed by atoms with E-state index in [1.807, 2.05) is 110 Å². The van der Waals surface area contributed by atoms with Crippen LogP contribution >= 0.6 is 0 Å². The second-order valence-electron chi connectivity index (χ2n) is 25.1. The number of aliphatic carboxylic acids is 1. The van der Waals surface area contributed by atoms with Crippen LogP contribution in [0.1, 0.15) is 181 Å². The van der Waals surface area contributed by atoms with E-state index in [9.17, 15) is 19.8 Å². The maximum atomic E-state index is 15.3. The summed E-state index contributed by atoms with van der Waals surface area (Å²) in [6.07, 6.45) is 2.20. The number of hydrogen-bond donors (Lipinski definition) is 2. The molecule has 0 aliphatic carbocycles. The SMILES string of the molecule is CCCCCCC(C)OC(=O)C(CC(C)(C)C(C)(CC(C)(C)C(C)(CC(C)(C)C)C(=O)O)C(=O)OC1COC2C(O)COC12)C(C)(C)CC(C)(C(=O)OCc1ccc2c(c1)OCO2)C(C)(C)C. The van der Waals surface area contributed by atoms with Gasteiger partial charge in [0.25, 0.3) is 0 Å². The number of esters is 3. The third kappa shape index (κ3) is 12.7. The zero-order chi connectivity index (χ0) is 50.8. The highest BCUT2D eigenvalue weighted by Crippen LogP contribution is 2.60. The van der Waals surface area contributed by atoms with E-state index in [1.165, 1.54) is 0 Å². The van der Waals surface area contributed by atoms with Crippen LogP contribution in [0.4, 0.5) is 0 Å². The topological polar surface area (TPSA) is 173 Å². The molecular weight excluding hydrogens is 857 g/mol. The molecular formula is C54H88O13. The smallest absolute Gasteiger partial charge is 0.312 e. The fourth-order valence-electron chi connectivity index (χ4n) is 10.8. The van der Waals surface area contributed by atoms with Crippen molar-refractivity contribution in [3.05, 3.63) is 23.8 Å². The van der Waals surface area contributed by atoms with Gasteiger partial charge in [0.05, 0.1) is 41.5 Å². The Balaban J connectivity index is 1.80. The molecule has 0 aromatic heterocycles. The van der Waals surface area contributed by atoms with Crippen LogP contribution in [0, 0.1) is 49.2 Å². The average molecular weight is 945 g/mol. The summed E-state index contributed by atoms with van der Waals surface area (Å²) in [5.74, 6) is -2.02. The Kier molecular flexibility index (Phi) is 17.5. The van der Waals surface area contributed by atoms with E-state index in [4.69, 9.17) is 33.2 Å². The van der Waals surface area contributed by atoms with Gasteiger partial charge in [0.2, 0.25) is 6.79 Å². The number of ether oxygens (including phenoxy) is 7. The lowest BCUT2D eigenvalue weighted by Gasteiger charge is -2.53. The van der Waals surface area contributed by atoms with Gasteiger partial charge in [0, 0.05) is 0 Å². The summed E-state index contributed by atoms with van der Waals surface area (Å²) < 4.78 is 41.7. The summed E-state index contributed by atoms with van der Waals surface area (Å²) in [4.78, 5) is 58.5. The molecule has 1 aromatic carbocycles. The number of aliphatic hydroxyl groups is 1. The normalized spacial score (nSPS) is 23.6. The Hall–Kier alpha value is -3.42. The van der Waals surface area contributed by atoms with Crippen LogP contribution in [-0.2, 0) is 49.5 Å². The van der Waals surface area contributed by atoms with Crippen LogP contribution in [0.25, 0.3) is 0 Å². The van der Waals surface area contributed by atoms with E-state index in [0.717, 1.165) is 31.2 Å². The Morgan fingerprint density at radius 2 is 1.36 bits per heavy atom. The van der Waals surface area contributed by atoms with Crippen molar-refractivity contribution in [3.63, 3.8) is 0 Å². The molecule has 3 aliphatic rings. The molecule has 2 saturated heterocycles. The Morgan fingerprint density at radius 3 is 1.96 bits per heavy atom. The minimum atomic E-state index is -1.42. The van der Waals surface area contributed by atoms with Gasteiger partial charge < -0.3 is 43.4 Å². The molecule has 3 aliphatic heterocycles. The standard InChI is InChI=1S/C54H88O13/c1-18-19-20-21-22-34(2)66-43(56)36(49(9,10)31-53(16,48(6,7)8)45(59)63-27-35-23-24-38-39(25-35)65-33-64-38)26-50(11,12)54(17,32-51(13,14)52(15,44(57)58)30-47(3,4)5)46(60)67-40-29-62-41-37(55)28-61-42(40)41/h23-25,34,36-37,40-42,55H,18-22,26-33H2,1-17H3,(H,57,58). The first-order chi connectivity index (χ1) is 30.6. The van der Waals surface area contributed by atoms with E-state index in [0.29, 0.717) is 24.3 Å². The molecule has 4 rings (SSSR count). The third-order valence-electron chi connectivity index (χ3n) is 16.3. The summed E-state index contributed by atoms with van der Waals surface area (Å²) in [7, 11) is 0. The molecule has 0 bridgehead atoms. The highest BCUT2D eigenvalue weighted by atomic mass is 16.7. The van der Waals surface area contributed by atoms with Gasteiger partial charge in [-0.25, -0.2) is 0 Å². The van der Waals surface area contributed by atoms with Gasteiger partial charge in [-0.2, -0.15) is 0 Å². The number of benzene rings is 1. The molecule has 13 nitrogen and oxygen atoms in total. The molecule has 3 heterocycles. The van der Waals surface area contributed by atoms with Crippen molar-refractivity contribution in [2.45, 2.75) is 213 Å².